The predicted molar refractivity (Wildman–Crippen MR) is 112 cm³/mol. The van der Waals surface area contributed by atoms with Gasteiger partial charge in [-0.25, -0.2) is 0 Å². The number of aliphatic carboxylic acids is 1. The summed E-state index contributed by atoms with van der Waals surface area (Å²) in [5.74, 6) is -0.355. The van der Waals surface area contributed by atoms with Crippen molar-refractivity contribution in [3.8, 4) is 5.75 Å². The lowest BCUT2D eigenvalue weighted by Crippen LogP contribution is -2.29. The second kappa shape index (κ2) is 8.54. The Kier molecular flexibility index (Phi) is 6.13. The average molecular weight is 402 g/mol. The Hall–Kier alpha value is -2.38. The number of thiocarbonyl (C=S) groups is 1. The molecular weight excluding hydrogens is 382 g/mol. The van der Waals surface area contributed by atoms with Crippen molar-refractivity contribution in [2.75, 3.05) is 13.2 Å². The van der Waals surface area contributed by atoms with E-state index in [1.54, 1.807) is 0 Å². The van der Waals surface area contributed by atoms with E-state index in [1.807, 2.05) is 49.4 Å². The number of thioether (sulfide) groups is 1. The molecule has 3 rings (SSSR count). The lowest BCUT2D eigenvalue weighted by atomic mass is 10.0. The van der Waals surface area contributed by atoms with Gasteiger partial charge in [0.15, 0.2) is 0 Å². The molecule has 1 amide bonds. The van der Waals surface area contributed by atoms with E-state index in [-0.39, 0.29) is 12.3 Å². The van der Waals surface area contributed by atoms with Crippen LogP contribution in [0, 0.1) is 0 Å². The van der Waals surface area contributed by atoms with E-state index in [1.165, 1.54) is 16.7 Å². The minimum absolute atomic E-state index is 0.00786. The third kappa shape index (κ3) is 4.31. The summed E-state index contributed by atoms with van der Waals surface area (Å²) in [6, 6.07) is 11.8. The molecule has 0 atom stereocenters. The monoisotopic (exact) mass is 401 g/mol. The van der Waals surface area contributed by atoms with E-state index in [4.69, 9.17) is 22.1 Å². The summed E-state index contributed by atoms with van der Waals surface area (Å²) in [6.45, 7) is 2.75. The van der Waals surface area contributed by atoms with Gasteiger partial charge in [0.2, 0.25) is 0 Å². The normalized spacial score (nSPS) is 15.7. The van der Waals surface area contributed by atoms with Gasteiger partial charge in [-0.3, -0.25) is 14.5 Å². The van der Waals surface area contributed by atoms with Gasteiger partial charge in [-0.15, -0.1) is 0 Å². The Labute approximate surface area is 167 Å². The molecule has 1 aliphatic heterocycles. The first-order chi connectivity index (χ1) is 13.0. The van der Waals surface area contributed by atoms with Crippen molar-refractivity contribution in [1.29, 1.82) is 0 Å². The Balaban J connectivity index is 1.94. The highest BCUT2D eigenvalue weighted by Gasteiger charge is 2.32. The van der Waals surface area contributed by atoms with Gasteiger partial charge in [-0.05, 0) is 36.3 Å². The van der Waals surface area contributed by atoms with Gasteiger partial charge >= 0.3 is 5.97 Å². The van der Waals surface area contributed by atoms with Crippen molar-refractivity contribution >= 4 is 57.0 Å². The zero-order valence-corrected chi connectivity index (χ0v) is 16.4. The number of ether oxygens (including phenoxy) is 1. The average Bonchev–Trinajstić information content (AvgIpc) is 2.91. The van der Waals surface area contributed by atoms with Crippen LogP contribution in [-0.2, 0) is 9.59 Å². The highest BCUT2D eigenvalue weighted by atomic mass is 32.2. The largest absolute Gasteiger partial charge is 0.493 e. The topological polar surface area (TPSA) is 66.8 Å². The summed E-state index contributed by atoms with van der Waals surface area (Å²) in [5, 5.41) is 10.8. The zero-order chi connectivity index (χ0) is 19.4. The molecule has 1 fully saturated rings. The number of carbonyl (C=O) groups excluding carboxylic acids is 1. The van der Waals surface area contributed by atoms with E-state index in [0.29, 0.717) is 34.5 Å². The van der Waals surface area contributed by atoms with Gasteiger partial charge < -0.3 is 9.84 Å². The number of carboxylic acid groups (broad SMARTS) is 1. The van der Waals surface area contributed by atoms with Crippen LogP contribution in [0.25, 0.3) is 16.8 Å². The van der Waals surface area contributed by atoms with Crippen molar-refractivity contribution < 1.29 is 19.4 Å². The molecule has 7 heteroatoms. The van der Waals surface area contributed by atoms with Crippen LogP contribution >= 0.6 is 24.0 Å². The molecule has 1 heterocycles. The quantitative estimate of drug-likeness (QED) is 0.551. The molecular formula is C20H19NO4S2. The van der Waals surface area contributed by atoms with Crippen LogP contribution in [0.3, 0.4) is 0 Å². The summed E-state index contributed by atoms with van der Waals surface area (Å²) in [5.41, 5.74) is 0.848. The van der Waals surface area contributed by atoms with Crippen LogP contribution in [0.1, 0.15) is 25.3 Å². The second-order valence-corrected chi connectivity index (χ2v) is 7.64. The van der Waals surface area contributed by atoms with Crippen LogP contribution in [0.4, 0.5) is 0 Å². The minimum atomic E-state index is -0.881. The molecule has 1 saturated heterocycles. The summed E-state index contributed by atoms with van der Waals surface area (Å²) >= 11 is 6.56. The first-order valence-corrected chi connectivity index (χ1v) is 9.85. The smallest absolute Gasteiger partial charge is 0.303 e. The SMILES string of the molecule is CCOc1ccc2ccccc2c1C=C1SC(=S)N(CCCC(=O)O)C1=O. The highest BCUT2D eigenvalue weighted by molar-refractivity contribution is 8.26. The molecule has 0 aliphatic carbocycles. The molecule has 5 nitrogen and oxygen atoms in total. The lowest BCUT2D eigenvalue weighted by molar-refractivity contribution is -0.137. The van der Waals surface area contributed by atoms with Gasteiger partial charge in [0, 0.05) is 18.5 Å². The minimum Gasteiger partial charge on any atom is -0.493 e. The summed E-state index contributed by atoms with van der Waals surface area (Å²) in [4.78, 5) is 25.5. The summed E-state index contributed by atoms with van der Waals surface area (Å²) < 4.78 is 6.21. The molecule has 2 aromatic rings. The van der Waals surface area contributed by atoms with Crippen LogP contribution in [-0.4, -0.2) is 39.4 Å². The number of benzene rings is 2. The Morgan fingerprint density at radius 3 is 2.81 bits per heavy atom. The molecule has 0 saturated carbocycles. The van der Waals surface area contributed by atoms with Gasteiger partial charge in [0.25, 0.3) is 5.91 Å². The van der Waals surface area contributed by atoms with Gasteiger partial charge in [-0.2, -0.15) is 0 Å². The molecule has 0 unspecified atom stereocenters. The fraction of sp³-hybridized carbons (Fsp3) is 0.250. The number of rotatable bonds is 7. The Morgan fingerprint density at radius 1 is 1.30 bits per heavy atom. The van der Waals surface area contributed by atoms with Crippen LogP contribution in [0.15, 0.2) is 41.3 Å². The zero-order valence-electron chi connectivity index (χ0n) is 14.8. The van der Waals surface area contributed by atoms with Crippen molar-refractivity contribution in [3.63, 3.8) is 0 Å². The fourth-order valence-corrected chi connectivity index (χ4v) is 4.21. The van der Waals surface area contributed by atoms with E-state index in [9.17, 15) is 9.59 Å². The second-order valence-electron chi connectivity index (χ2n) is 5.96. The van der Waals surface area contributed by atoms with E-state index in [0.717, 1.165) is 16.3 Å². The van der Waals surface area contributed by atoms with Gasteiger partial charge in [-0.1, -0.05) is 54.3 Å². The first kappa shape index (κ1) is 19.4. The molecule has 27 heavy (non-hydrogen) atoms. The maximum absolute atomic E-state index is 12.8. The van der Waals surface area contributed by atoms with Crippen LogP contribution in [0.2, 0.25) is 0 Å². The number of hydrogen-bond donors (Lipinski definition) is 1. The van der Waals surface area contributed by atoms with Gasteiger partial charge in [0.05, 0.1) is 11.5 Å². The van der Waals surface area contributed by atoms with Gasteiger partial charge in [0.1, 0.15) is 10.1 Å². The molecule has 2 aromatic carbocycles. The standard InChI is InChI=1S/C20H19NO4S2/c1-2-25-16-10-9-13-6-3-4-7-14(13)15(16)12-17-19(24)21(20(26)27-17)11-5-8-18(22)23/h3-4,6-7,9-10,12H,2,5,8,11H2,1H3,(H,22,23). The fourth-order valence-electron chi connectivity index (χ4n) is 2.92. The number of amides is 1. The molecule has 0 spiro atoms. The molecule has 1 N–H and O–H groups in total. The number of hydrogen-bond acceptors (Lipinski definition) is 5. The maximum atomic E-state index is 12.8. The third-order valence-corrected chi connectivity index (χ3v) is 5.53. The highest BCUT2D eigenvalue weighted by Crippen LogP contribution is 2.37. The number of carboxylic acids is 1. The van der Waals surface area contributed by atoms with E-state index < -0.39 is 5.97 Å². The molecule has 0 bridgehead atoms. The van der Waals surface area contributed by atoms with Crippen LogP contribution < -0.4 is 4.74 Å². The van der Waals surface area contributed by atoms with Crippen molar-refractivity contribution in [1.82, 2.24) is 4.90 Å². The molecule has 1 aliphatic rings. The summed E-state index contributed by atoms with van der Waals surface area (Å²) in [7, 11) is 0. The van der Waals surface area contributed by atoms with Crippen molar-refractivity contribution in [2.24, 2.45) is 0 Å². The molecule has 140 valence electrons. The number of fused-ring (bicyclic) bond motifs is 1. The Morgan fingerprint density at radius 2 is 2.07 bits per heavy atom. The first-order valence-electron chi connectivity index (χ1n) is 8.63. The van der Waals surface area contributed by atoms with E-state index >= 15 is 0 Å². The van der Waals surface area contributed by atoms with Crippen LogP contribution in [0.5, 0.6) is 5.75 Å². The van der Waals surface area contributed by atoms with E-state index in [2.05, 4.69) is 0 Å². The third-order valence-electron chi connectivity index (χ3n) is 4.15. The predicted octanol–water partition coefficient (Wildman–Crippen LogP) is 4.30. The molecule has 0 radical (unpaired) electrons. The maximum Gasteiger partial charge on any atom is 0.303 e. The number of carbonyl (C=O) groups is 2. The molecule has 0 aromatic heterocycles. The number of nitrogens with zero attached hydrogens (tertiary/aromatic N) is 1. The van der Waals surface area contributed by atoms with Crippen molar-refractivity contribution in [2.45, 2.75) is 19.8 Å². The Bertz CT molecular complexity index is 939. The van der Waals surface area contributed by atoms with Crippen molar-refractivity contribution in [3.05, 3.63) is 46.9 Å². The lowest BCUT2D eigenvalue weighted by Gasteiger charge is -2.13. The summed E-state index contributed by atoms with van der Waals surface area (Å²) in [6.07, 6.45) is 2.20.